The molecule has 0 spiro atoms. The van der Waals surface area contributed by atoms with Gasteiger partial charge >= 0.3 is 0 Å². The van der Waals surface area contributed by atoms with Gasteiger partial charge in [-0.2, -0.15) is 0 Å². The van der Waals surface area contributed by atoms with E-state index in [1.54, 1.807) is 6.07 Å². The second kappa shape index (κ2) is 4.63. The highest BCUT2D eigenvalue weighted by Crippen LogP contribution is 2.42. The van der Waals surface area contributed by atoms with Crippen molar-refractivity contribution in [2.24, 2.45) is 5.92 Å². The van der Waals surface area contributed by atoms with E-state index in [0.717, 1.165) is 5.39 Å². The van der Waals surface area contributed by atoms with Crippen molar-refractivity contribution >= 4 is 34.2 Å². The van der Waals surface area contributed by atoms with E-state index in [9.17, 15) is 9.18 Å². The molecule has 1 heterocycles. The van der Waals surface area contributed by atoms with Gasteiger partial charge in [-0.25, -0.2) is 4.39 Å². The zero-order chi connectivity index (χ0) is 14.6. The Morgan fingerprint density at radius 3 is 2.71 bits per heavy atom. The summed E-state index contributed by atoms with van der Waals surface area (Å²) < 4.78 is 12.9. The van der Waals surface area contributed by atoms with Gasteiger partial charge in [0, 0.05) is 5.39 Å². The summed E-state index contributed by atoms with van der Waals surface area (Å²) in [5.74, 6) is 0.0527. The summed E-state index contributed by atoms with van der Waals surface area (Å²) >= 11 is 6.23. The molecule has 0 saturated heterocycles. The molecule has 108 valence electrons. The quantitative estimate of drug-likeness (QED) is 0.945. The van der Waals surface area contributed by atoms with Crippen LogP contribution in [0.2, 0.25) is 5.02 Å². The number of halogens is 2. The highest BCUT2D eigenvalue weighted by molar-refractivity contribution is 6.35. The maximum Gasteiger partial charge on any atom is 0.231 e. The van der Waals surface area contributed by atoms with Crippen LogP contribution in [0.4, 0.5) is 10.2 Å². The first-order valence-electron chi connectivity index (χ1n) is 7.03. The normalized spacial score (nSPS) is 24.1. The van der Waals surface area contributed by atoms with Gasteiger partial charge in [0.1, 0.15) is 11.7 Å². The minimum absolute atomic E-state index is 0.296. The van der Waals surface area contributed by atoms with E-state index in [-0.39, 0.29) is 5.91 Å². The number of anilines is 1. The Hall–Kier alpha value is -1.75. The topological polar surface area (TPSA) is 54.9 Å². The molecule has 4 nitrogen and oxygen atoms in total. The standard InChI is InChI=1S/C15H13ClFN3O/c16-11-4-8(7-1-2-7)3-9-5-13(19-20-14(9)11)18-15(21)10-6-12(10)17/h3-5,7,10,12H,1-2,6H2,(H,18,19,21)/t10-,12+/m1/s1. The maximum absolute atomic E-state index is 12.9. The van der Waals surface area contributed by atoms with Crippen molar-refractivity contribution in [3.8, 4) is 0 Å². The Bertz CT molecular complexity index is 747. The molecule has 6 heteroatoms. The SMILES string of the molecule is O=C(Nc1cc2cc(C3CC3)cc(Cl)c2nn1)[C@@H]1C[C@@H]1F. The van der Waals surface area contributed by atoms with Gasteiger partial charge in [0.05, 0.1) is 10.9 Å². The predicted octanol–water partition coefficient (Wildman–Crippen LogP) is 3.46. The molecule has 2 aliphatic carbocycles. The van der Waals surface area contributed by atoms with Crippen LogP contribution >= 0.6 is 11.6 Å². The number of rotatable bonds is 3. The van der Waals surface area contributed by atoms with Crippen LogP contribution in [-0.2, 0) is 4.79 Å². The average molecular weight is 306 g/mol. The van der Waals surface area contributed by atoms with E-state index in [1.165, 1.54) is 18.4 Å². The van der Waals surface area contributed by atoms with Crippen molar-refractivity contribution in [1.82, 2.24) is 10.2 Å². The zero-order valence-corrected chi connectivity index (χ0v) is 11.9. The number of hydrogen-bond donors (Lipinski definition) is 1. The number of carbonyl (C=O) groups is 1. The number of hydrogen-bond acceptors (Lipinski definition) is 3. The van der Waals surface area contributed by atoms with Gasteiger partial charge in [-0.05, 0) is 48.9 Å². The van der Waals surface area contributed by atoms with Gasteiger partial charge in [-0.3, -0.25) is 4.79 Å². The van der Waals surface area contributed by atoms with E-state index in [2.05, 4.69) is 15.5 Å². The Kier molecular flexibility index (Phi) is 2.85. The minimum Gasteiger partial charge on any atom is -0.309 e. The van der Waals surface area contributed by atoms with Crippen molar-refractivity contribution < 1.29 is 9.18 Å². The first-order valence-corrected chi connectivity index (χ1v) is 7.41. The van der Waals surface area contributed by atoms with Crippen molar-refractivity contribution in [3.63, 3.8) is 0 Å². The van der Waals surface area contributed by atoms with Crippen LogP contribution in [0.1, 0.15) is 30.7 Å². The number of nitrogens with one attached hydrogen (secondary N) is 1. The van der Waals surface area contributed by atoms with Gasteiger partial charge in [0.25, 0.3) is 0 Å². The Morgan fingerprint density at radius 2 is 2.05 bits per heavy atom. The van der Waals surface area contributed by atoms with E-state index in [4.69, 9.17) is 11.6 Å². The molecule has 0 unspecified atom stereocenters. The van der Waals surface area contributed by atoms with Crippen LogP contribution < -0.4 is 5.32 Å². The van der Waals surface area contributed by atoms with Gasteiger partial charge in [-0.1, -0.05) is 11.6 Å². The summed E-state index contributed by atoms with van der Waals surface area (Å²) in [6.45, 7) is 0. The van der Waals surface area contributed by atoms with Crippen molar-refractivity contribution in [2.75, 3.05) is 5.32 Å². The molecule has 0 radical (unpaired) electrons. The van der Waals surface area contributed by atoms with E-state index < -0.39 is 12.1 Å². The number of fused-ring (bicyclic) bond motifs is 1. The third-order valence-electron chi connectivity index (χ3n) is 4.01. The molecule has 2 fully saturated rings. The van der Waals surface area contributed by atoms with Crippen LogP contribution in [0.25, 0.3) is 10.9 Å². The lowest BCUT2D eigenvalue weighted by Gasteiger charge is -2.07. The van der Waals surface area contributed by atoms with Crippen molar-refractivity contribution in [1.29, 1.82) is 0 Å². The monoisotopic (exact) mass is 305 g/mol. The fourth-order valence-electron chi connectivity index (χ4n) is 2.51. The first kappa shape index (κ1) is 13.0. The van der Waals surface area contributed by atoms with E-state index in [0.29, 0.717) is 28.7 Å². The maximum atomic E-state index is 12.9. The third kappa shape index (κ3) is 2.46. The Morgan fingerprint density at radius 1 is 1.29 bits per heavy atom. The van der Waals surface area contributed by atoms with Crippen LogP contribution in [0, 0.1) is 5.92 Å². The number of amides is 1. The number of benzene rings is 1. The third-order valence-corrected chi connectivity index (χ3v) is 4.30. The number of nitrogens with zero attached hydrogens (tertiary/aromatic N) is 2. The Balaban J connectivity index is 1.66. The summed E-state index contributed by atoms with van der Waals surface area (Å²) in [5, 5.41) is 12.0. The molecule has 21 heavy (non-hydrogen) atoms. The van der Waals surface area contributed by atoms with Crippen LogP contribution in [0.15, 0.2) is 18.2 Å². The highest BCUT2D eigenvalue weighted by Gasteiger charge is 2.43. The van der Waals surface area contributed by atoms with Crippen LogP contribution in [0.3, 0.4) is 0 Å². The van der Waals surface area contributed by atoms with Crippen LogP contribution in [-0.4, -0.2) is 22.3 Å². The molecular formula is C15H13ClFN3O. The molecule has 1 aromatic carbocycles. The molecular weight excluding hydrogens is 293 g/mol. The molecule has 4 rings (SSSR count). The largest absolute Gasteiger partial charge is 0.309 e. The smallest absolute Gasteiger partial charge is 0.231 e. The number of alkyl halides is 1. The lowest BCUT2D eigenvalue weighted by molar-refractivity contribution is -0.117. The van der Waals surface area contributed by atoms with Gasteiger partial charge < -0.3 is 5.32 Å². The van der Waals surface area contributed by atoms with Gasteiger partial charge in [0.2, 0.25) is 5.91 Å². The first-order chi connectivity index (χ1) is 10.1. The molecule has 0 bridgehead atoms. The summed E-state index contributed by atoms with van der Waals surface area (Å²) in [6.07, 6.45) is 1.65. The molecule has 1 aromatic heterocycles. The average Bonchev–Trinajstić information content (AvgIpc) is 3.33. The molecule has 1 N–H and O–H groups in total. The molecule has 2 aromatic rings. The lowest BCUT2D eigenvalue weighted by Crippen LogP contribution is -2.16. The molecule has 0 aliphatic heterocycles. The minimum atomic E-state index is -1.02. The van der Waals surface area contributed by atoms with Crippen molar-refractivity contribution in [2.45, 2.75) is 31.4 Å². The number of aromatic nitrogens is 2. The second-order valence-electron chi connectivity index (χ2n) is 5.79. The second-order valence-corrected chi connectivity index (χ2v) is 6.20. The van der Waals surface area contributed by atoms with Crippen LogP contribution in [0.5, 0.6) is 0 Å². The molecule has 2 saturated carbocycles. The van der Waals surface area contributed by atoms with Gasteiger partial charge in [0.15, 0.2) is 5.82 Å². The summed E-state index contributed by atoms with van der Waals surface area (Å²) in [7, 11) is 0. The summed E-state index contributed by atoms with van der Waals surface area (Å²) in [4.78, 5) is 11.7. The number of carbonyl (C=O) groups excluding carboxylic acids is 1. The lowest BCUT2D eigenvalue weighted by atomic mass is 10.1. The summed E-state index contributed by atoms with van der Waals surface area (Å²) in [6, 6.07) is 5.72. The molecule has 2 atom stereocenters. The predicted molar refractivity (Wildman–Crippen MR) is 78.2 cm³/mol. The molecule has 1 amide bonds. The molecule has 2 aliphatic rings. The van der Waals surface area contributed by atoms with Crippen molar-refractivity contribution in [3.05, 3.63) is 28.8 Å². The highest BCUT2D eigenvalue weighted by atomic mass is 35.5. The van der Waals surface area contributed by atoms with E-state index in [1.807, 2.05) is 12.1 Å². The fraction of sp³-hybridized carbons (Fsp3) is 0.400. The zero-order valence-electron chi connectivity index (χ0n) is 11.1. The van der Waals surface area contributed by atoms with E-state index >= 15 is 0 Å². The van der Waals surface area contributed by atoms with Gasteiger partial charge in [-0.15, -0.1) is 10.2 Å². The fourth-order valence-corrected chi connectivity index (χ4v) is 2.78. The Labute approximate surface area is 125 Å². The summed E-state index contributed by atoms with van der Waals surface area (Å²) in [5.41, 5.74) is 1.82.